The number of anilines is 1. The third-order valence-electron chi connectivity index (χ3n) is 4.38. The lowest BCUT2D eigenvalue weighted by molar-refractivity contribution is 0.406. The lowest BCUT2D eigenvalue weighted by Crippen LogP contribution is -2.27. The Kier molecular flexibility index (Phi) is 4.19. The lowest BCUT2D eigenvalue weighted by atomic mass is 10.2. The van der Waals surface area contributed by atoms with Crippen molar-refractivity contribution >= 4 is 43.9 Å². The lowest BCUT2D eigenvalue weighted by Gasteiger charge is -2.21. The molecule has 4 rings (SSSR count). The predicted molar refractivity (Wildman–Crippen MR) is 108 cm³/mol. The van der Waals surface area contributed by atoms with Gasteiger partial charge in [-0.3, -0.25) is 10.2 Å². The van der Waals surface area contributed by atoms with E-state index in [1.807, 2.05) is 12.1 Å². The third kappa shape index (κ3) is 2.87. The number of rotatable bonds is 3. The summed E-state index contributed by atoms with van der Waals surface area (Å²) in [6, 6.07) is 12.4. The summed E-state index contributed by atoms with van der Waals surface area (Å²) in [6.07, 6.45) is 0. The highest BCUT2D eigenvalue weighted by Gasteiger charge is 2.32. The Labute approximate surface area is 162 Å². The first-order chi connectivity index (χ1) is 13.0. The summed E-state index contributed by atoms with van der Waals surface area (Å²) < 4.78 is 6.14. The summed E-state index contributed by atoms with van der Waals surface area (Å²) in [5.74, 6) is 0.739. The second kappa shape index (κ2) is 6.55. The van der Waals surface area contributed by atoms with Crippen LogP contribution in [-0.4, -0.2) is 34.6 Å². The molecule has 27 heavy (non-hydrogen) atoms. The van der Waals surface area contributed by atoms with E-state index in [0.29, 0.717) is 22.3 Å². The molecule has 3 aromatic rings. The van der Waals surface area contributed by atoms with Crippen LogP contribution >= 0.6 is 15.9 Å². The van der Waals surface area contributed by atoms with Crippen molar-refractivity contribution < 1.29 is 9.84 Å². The van der Waals surface area contributed by atoms with E-state index in [1.54, 1.807) is 42.3 Å². The number of halogens is 1. The van der Waals surface area contributed by atoms with Gasteiger partial charge in [0, 0.05) is 4.47 Å². The van der Waals surface area contributed by atoms with Gasteiger partial charge in [-0.2, -0.15) is 0 Å². The molecule has 1 aliphatic rings. The molecule has 7 nitrogen and oxygen atoms in total. The second-order valence-electron chi connectivity index (χ2n) is 6.00. The molecule has 1 aromatic heterocycles. The molecule has 0 saturated heterocycles. The normalized spacial score (nSPS) is 14.3. The number of methoxy groups -OCH3 is 1. The number of aromatic amines is 1. The first kappa shape index (κ1) is 17.3. The zero-order chi connectivity index (χ0) is 19.1. The first-order valence-corrected chi connectivity index (χ1v) is 8.90. The average molecular weight is 427 g/mol. The molecular weight excluding hydrogens is 412 g/mol. The quantitative estimate of drug-likeness (QED) is 0.594. The fourth-order valence-electron chi connectivity index (χ4n) is 3.12. The molecule has 1 aliphatic heterocycles. The molecule has 0 radical (unpaired) electrons. The van der Waals surface area contributed by atoms with Crippen molar-refractivity contribution in [2.75, 3.05) is 18.6 Å². The number of amidine groups is 1. The summed E-state index contributed by atoms with van der Waals surface area (Å²) >= 11 is 3.37. The van der Waals surface area contributed by atoms with E-state index in [9.17, 15) is 9.90 Å². The van der Waals surface area contributed by atoms with Crippen LogP contribution in [0.3, 0.4) is 0 Å². The minimum Gasteiger partial charge on any atom is -0.509 e. The molecule has 0 bridgehead atoms. The van der Waals surface area contributed by atoms with Crippen LogP contribution in [-0.2, 0) is 0 Å². The van der Waals surface area contributed by atoms with Crippen LogP contribution in [0.4, 0.5) is 5.69 Å². The molecule has 0 spiro atoms. The SMILES string of the molecule is COc1ccccc1N1CC(O)=C(c2nc3cc(Br)ccc3c(=O)[nH]2)C1=N. The van der Waals surface area contributed by atoms with Gasteiger partial charge in [-0.25, -0.2) is 4.98 Å². The van der Waals surface area contributed by atoms with Crippen LogP contribution in [0.2, 0.25) is 0 Å². The first-order valence-electron chi connectivity index (χ1n) is 8.11. The van der Waals surface area contributed by atoms with Crippen molar-refractivity contribution in [3.05, 3.63) is 68.9 Å². The molecule has 0 atom stereocenters. The Morgan fingerprint density at radius 3 is 2.85 bits per heavy atom. The smallest absolute Gasteiger partial charge is 0.259 e. The maximum atomic E-state index is 12.4. The van der Waals surface area contributed by atoms with Gasteiger partial charge in [-0.05, 0) is 30.3 Å². The van der Waals surface area contributed by atoms with Crippen LogP contribution in [0.25, 0.3) is 16.5 Å². The number of nitrogens with zero attached hydrogens (tertiary/aromatic N) is 2. The van der Waals surface area contributed by atoms with Crippen molar-refractivity contribution in [1.82, 2.24) is 9.97 Å². The Bertz CT molecular complexity index is 1170. The number of fused-ring (bicyclic) bond motifs is 1. The van der Waals surface area contributed by atoms with Crippen LogP contribution in [0.1, 0.15) is 5.82 Å². The highest BCUT2D eigenvalue weighted by molar-refractivity contribution is 9.10. The highest BCUT2D eigenvalue weighted by Crippen LogP contribution is 2.35. The number of H-pyrrole nitrogens is 1. The van der Waals surface area contributed by atoms with Crippen LogP contribution in [0.5, 0.6) is 5.75 Å². The number of aliphatic hydroxyl groups excluding tert-OH is 1. The molecule has 3 N–H and O–H groups in total. The summed E-state index contributed by atoms with van der Waals surface area (Å²) in [4.78, 5) is 21.1. The van der Waals surface area contributed by atoms with E-state index in [0.717, 1.165) is 4.47 Å². The van der Waals surface area contributed by atoms with Crippen molar-refractivity contribution in [2.45, 2.75) is 0 Å². The van der Waals surface area contributed by atoms with Gasteiger partial charge >= 0.3 is 0 Å². The zero-order valence-corrected chi connectivity index (χ0v) is 15.9. The average Bonchev–Trinajstić information content (AvgIpc) is 2.95. The topological polar surface area (TPSA) is 102 Å². The monoisotopic (exact) mass is 426 g/mol. The standard InChI is InChI=1S/C19H15BrN4O3/c1-27-15-5-3-2-4-13(15)24-9-14(25)16(17(24)21)18-22-12-8-10(20)6-7-11(12)19(26)23-18/h2-8,21,25H,9H2,1H3,(H,22,23,26). The van der Waals surface area contributed by atoms with E-state index in [1.165, 1.54) is 0 Å². The van der Waals surface area contributed by atoms with Crippen molar-refractivity contribution in [3.63, 3.8) is 0 Å². The molecule has 8 heteroatoms. The largest absolute Gasteiger partial charge is 0.509 e. The maximum Gasteiger partial charge on any atom is 0.259 e. The molecule has 2 aromatic carbocycles. The Hall–Kier alpha value is -3.13. The zero-order valence-electron chi connectivity index (χ0n) is 14.3. The molecule has 0 saturated carbocycles. The van der Waals surface area contributed by atoms with E-state index in [-0.39, 0.29) is 35.1 Å². The minimum absolute atomic E-state index is 0.0366. The Balaban J connectivity index is 1.81. The van der Waals surface area contributed by atoms with Gasteiger partial charge in [-0.1, -0.05) is 28.1 Å². The van der Waals surface area contributed by atoms with E-state index in [2.05, 4.69) is 25.9 Å². The Morgan fingerprint density at radius 1 is 1.30 bits per heavy atom. The number of nitrogens with one attached hydrogen (secondary N) is 2. The maximum absolute atomic E-state index is 12.4. The molecule has 0 aliphatic carbocycles. The number of hydrogen-bond acceptors (Lipinski definition) is 5. The summed E-state index contributed by atoms with van der Waals surface area (Å²) in [7, 11) is 1.55. The van der Waals surface area contributed by atoms with Crippen LogP contribution in [0.15, 0.2) is 57.5 Å². The van der Waals surface area contributed by atoms with Crippen molar-refractivity contribution in [3.8, 4) is 5.75 Å². The number of benzene rings is 2. The number of ether oxygens (including phenoxy) is 1. The predicted octanol–water partition coefficient (Wildman–Crippen LogP) is 3.46. The molecule has 0 amide bonds. The fraction of sp³-hybridized carbons (Fsp3) is 0.105. The van der Waals surface area contributed by atoms with Crippen LogP contribution in [0, 0.1) is 5.41 Å². The van der Waals surface area contributed by atoms with Crippen molar-refractivity contribution in [2.24, 2.45) is 0 Å². The summed E-state index contributed by atoms with van der Waals surface area (Å²) in [5, 5.41) is 19.5. The number of para-hydroxylation sites is 2. The van der Waals surface area contributed by atoms with Gasteiger partial charge in [-0.15, -0.1) is 0 Å². The highest BCUT2D eigenvalue weighted by atomic mass is 79.9. The van der Waals surface area contributed by atoms with E-state index in [4.69, 9.17) is 10.1 Å². The van der Waals surface area contributed by atoms with Gasteiger partial charge in [0.15, 0.2) is 0 Å². The number of aromatic nitrogens is 2. The van der Waals surface area contributed by atoms with Crippen molar-refractivity contribution in [1.29, 1.82) is 5.41 Å². The van der Waals surface area contributed by atoms with Crippen LogP contribution < -0.4 is 15.2 Å². The number of hydrogen-bond donors (Lipinski definition) is 3. The van der Waals surface area contributed by atoms with Gasteiger partial charge in [0.05, 0.1) is 35.8 Å². The van der Waals surface area contributed by atoms with Gasteiger partial charge in [0.25, 0.3) is 5.56 Å². The molecule has 2 heterocycles. The summed E-state index contributed by atoms with van der Waals surface area (Å²) in [6.45, 7) is 0.0920. The molecule has 136 valence electrons. The van der Waals surface area contributed by atoms with E-state index >= 15 is 0 Å². The van der Waals surface area contributed by atoms with Gasteiger partial charge < -0.3 is 19.7 Å². The summed E-state index contributed by atoms with van der Waals surface area (Å²) in [5.41, 5.74) is 0.996. The van der Waals surface area contributed by atoms with E-state index < -0.39 is 0 Å². The molecular formula is C19H15BrN4O3. The Morgan fingerprint density at radius 2 is 2.07 bits per heavy atom. The minimum atomic E-state index is -0.327. The number of aliphatic hydroxyl groups is 1. The molecule has 0 fully saturated rings. The van der Waals surface area contributed by atoms with Gasteiger partial charge in [0.2, 0.25) is 0 Å². The molecule has 0 unspecified atom stereocenters. The fourth-order valence-corrected chi connectivity index (χ4v) is 3.47. The second-order valence-corrected chi connectivity index (χ2v) is 6.92. The third-order valence-corrected chi connectivity index (χ3v) is 4.88. The van der Waals surface area contributed by atoms with Gasteiger partial charge in [0.1, 0.15) is 23.2 Å².